The van der Waals surface area contributed by atoms with Gasteiger partial charge in [0.05, 0.1) is 0 Å². The van der Waals surface area contributed by atoms with Crippen molar-refractivity contribution in [2.24, 2.45) is 0 Å². The lowest BCUT2D eigenvalue weighted by molar-refractivity contribution is -0.136. The second-order valence-corrected chi connectivity index (χ2v) is 4.00. The molecule has 1 aliphatic heterocycles. The molecule has 0 N–H and O–H groups in total. The van der Waals surface area contributed by atoms with E-state index in [4.69, 9.17) is 0 Å². The predicted octanol–water partition coefficient (Wildman–Crippen LogP) is 0.947. The molecular formula is C10H20N2O. The van der Waals surface area contributed by atoms with Crippen molar-refractivity contribution in [3.05, 3.63) is 0 Å². The van der Waals surface area contributed by atoms with E-state index in [-0.39, 0.29) is 5.91 Å². The quantitative estimate of drug-likeness (QED) is 0.652. The molecule has 1 saturated heterocycles. The lowest BCUT2D eigenvalue weighted by Crippen LogP contribution is -2.61. The molecule has 0 atom stereocenters. The van der Waals surface area contributed by atoms with E-state index in [2.05, 4.69) is 25.7 Å². The van der Waals surface area contributed by atoms with Gasteiger partial charge in [-0.1, -0.05) is 6.92 Å². The minimum absolute atomic E-state index is 0.205. The van der Waals surface area contributed by atoms with E-state index in [9.17, 15) is 4.79 Å². The number of likely N-dealkylation sites (tertiary alicyclic amines) is 1. The first-order valence-electron chi connectivity index (χ1n) is 5.07. The molecule has 0 saturated carbocycles. The third-order valence-electron chi connectivity index (χ3n) is 2.81. The van der Waals surface area contributed by atoms with E-state index in [1.54, 1.807) is 6.92 Å². The first-order valence-corrected chi connectivity index (χ1v) is 5.07. The molecule has 3 heteroatoms. The number of hydrogen-bond donors (Lipinski definition) is 0. The maximum Gasteiger partial charge on any atom is 0.219 e. The molecule has 76 valence electrons. The van der Waals surface area contributed by atoms with Crippen LogP contribution in [0.15, 0.2) is 0 Å². The topological polar surface area (TPSA) is 23.6 Å². The average Bonchev–Trinajstić information content (AvgIpc) is 1.93. The van der Waals surface area contributed by atoms with Gasteiger partial charge in [0.2, 0.25) is 5.91 Å². The lowest BCUT2D eigenvalue weighted by atomic mass is 10.1. The van der Waals surface area contributed by atoms with Crippen LogP contribution in [0.4, 0.5) is 0 Å². The third-order valence-corrected chi connectivity index (χ3v) is 2.81. The van der Waals surface area contributed by atoms with Crippen molar-refractivity contribution >= 4 is 5.91 Å². The van der Waals surface area contributed by atoms with Crippen LogP contribution in [0.5, 0.6) is 0 Å². The molecular weight excluding hydrogens is 164 g/mol. The van der Waals surface area contributed by atoms with Gasteiger partial charge < -0.3 is 4.90 Å². The third kappa shape index (κ3) is 2.21. The van der Waals surface area contributed by atoms with Crippen molar-refractivity contribution in [3.8, 4) is 0 Å². The van der Waals surface area contributed by atoms with Crippen molar-refractivity contribution in [2.45, 2.75) is 39.8 Å². The molecule has 1 heterocycles. The van der Waals surface area contributed by atoms with Crippen LogP contribution in [0.2, 0.25) is 0 Å². The van der Waals surface area contributed by atoms with Crippen LogP contribution in [0.25, 0.3) is 0 Å². The van der Waals surface area contributed by atoms with E-state index in [0.29, 0.717) is 12.1 Å². The van der Waals surface area contributed by atoms with E-state index in [1.807, 2.05) is 4.90 Å². The summed E-state index contributed by atoms with van der Waals surface area (Å²) in [6.45, 7) is 11.1. The van der Waals surface area contributed by atoms with Gasteiger partial charge in [-0.05, 0) is 20.4 Å². The second kappa shape index (κ2) is 4.09. The number of amides is 1. The molecule has 3 nitrogen and oxygen atoms in total. The molecule has 13 heavy (non-hydrogen) atoms. The largest absolute Gasteiger partial charge is 0.340 e. The summed E-state index contributed by atoms with van der Waals surface area (Å²) >= 11 is 0. The Hall–Kier alpha value is -0.570. The Labute approximate surface area is 80.7 Å². The van der Waals surface area contributed by atoms with Gasteiger partial charge in [0.25, 0.3) is 0 Å². The zero-order chi connectivity index (χ0) is 10.0. The average molecular weight is 184 g/mol. The molecule has 0 bridgehead atoms. The normalized spacial score (nSPS) is 18.2. The maximum atomic E-state index is 11.0. The second-order valence-electron chi connectivity index (χ2n) is 4.00. The van der Waals surface area contributed by atoms with Crippen LogP contribution in [0, 0.1) is 0 Å². The molecule has 0 aliphatic carbocycles. The molecule has 1 aliphatic rings. The fourth-order valence-electron chi connectivity index (χ4n) is 1.97. The highest BCUT2D eigenvalue weighted by Crippen LogP contribution is 2.16. The molecule has 0 spiro atoms. The monoisotopic (exact) mass is 184 g/mol. The van der Waals surface area contributed by atoms with Crippen molar-refractivity contribution in [3.63, 3.8) is 0 Å². The molecule has 0 aromatic rings. The van der Waals surface area contributed by atoms with Crippen LogP contribution >= 0.6 is 0 Å². The first kappa shape index (κ1) is 10.5. The highest BCUT2D eigenvalue weighted by atomic mass is 16.2. The van der Waals surface area contributed by atoms with Crippen molar-refractivity contribution in [2.75, 3.05) is 19.6 Å². The number of nitrogens with zero attached hydrogens (tertiary/aromatic N) is 2. The predicted molar refractivity (Wildman–Crippen MR) is 53.6 cm³/mol. The lowest BCUT2D eigenvalue weighted by Gasteiger charge is -2.46. The Kier molecular flexibility index (Phi) is 3.31. The number of hydrogen-bond acceptors (Lipinski definition) is 2. The number of carbonyl (C=O) groups excluding carboxylic acids is 1. The Morgan fingerprint density at radius 1 is 1.54 bits per heavy atom. The van der Waals surface area contributed by atoms with Gasteiger partial charge in [-0.3, -0.25) is 9.69 Å². The summed E-state index contributed by atoms with van der Waals surface area (Å²) in [7, 11) is 0. The molecule has 0 aromatic carbocycles. The fraction of sp³-hybridized carbons (Fsp3) is 0.900. The highest BCUT2D eigenvalue weighted by Gasteiger charge is 2.33. The van der Waals surface area contributed by atoms with Crippen molar-refractivity contribution in [1.29, 1.82) is 0 Å². The number of carbonyl (C=O) groups is 1. The van der Waals surface area contributed by atoms with Crippen LogP contribution in [0.3, 0.4) is 0 Å². The van der Waals surface area contributed by atoms with Gasteiger partial charge in [-0.25, -0.2) is 0 Å². The van der Waals surface area contributed by atoms with Crippen molar-refractivity contribution in [1.82, 2.24) is 9.80 Å². The minimum atomic E-state index is 0.205. The smallest absolute Gasteiger partial charge is 0.219 e. The van der Waals surface area contributed by atoms with Gasteiger partial charge in [0, 0.05) is 32.1 Å². The summed E-state index contributed by atoms with van der Waals surface area (Å²) in [6.07, 6.45) is 0. The number of rotatable bonds is 3. The molecule has 1 rings (SSSR count). The molecule has 0 aromatic heterocycles. The van der Waals surface area contributed by atoms with E-state index >= 15 is 0 Å². The van der Waals surface area contributed by atoms with Crippen molar-refractivity contribution < 1.29 is 4.79 Å². The summed E-state index contributed by atoms with van der Waals surface area (Å²) in [5.41, 5.74) is 0. The van der Waals surface area contributed by atoms with Crippen LogP contribution in [-0.4, -0.2) is 47.4 Å². The summed E-state index contributed by atoms with van der Waals surface area (Å²) in [4.78, 5) is 15.3. The fourth-order valence-corrected chi connectivity index (χ4v) is 1.97. The summed E-state index contributed by atoms with van der Waals surface area (Å²) in [5.74, 6) is 0.205. The van der Waals surface area contributed by atoms with Gasteiger partial charge in [0.15, 0.2) is 0 Å². The number of likely N-dealkylation sites (N-methyl/N-ethyl adjacent to an activating group) is 1. The van der Waals surface area contributed by atoms with Crippen LogP contribution in [0.1, 0.15) is 27.7 Å². The van der Waals surface area contributed by atoms with Gasteiger partial charge >= 0.3 is 0 Å². The highest BCUT2D eigenvalue weighted by molar-refractivity contribution is 5.74. The van der Waals surface area contributed by atoms with E-state index < -0.39 is 0 Å². The van der Waals surface area contributed by atoms with E-state index in [0.717, 1.165) is 19.6 Å². The molecule has 0 radical (unpaired) electrons. The SMILES string of the molecule is CCN(C(C)C)C1CN(C(C)=O)C1. The minimum Gasteiger partial charge on any atom is -0.340 e. The maximum absolute atomic E-state index is 11.0. The Morgan fingerprint density at radius 2 is 2.08 bits per heavy atom. The molecule has 1 fully saturated rings. The molecule has 0 unspecified atom stereocenters. The van der Waals surface area contributed by atoms with Gasteiger partial charge in [0.1, 0.15) is 0 Å². The van der Waals surface area contributed by atoms with Gasteiger partial charge in [-0.15, -0.1) is 0 Å². The van der Waals surface area contributed by atoms with E-state index in [1.165, 1.54) is 0 Å². The van der Waals surface area contributed by atoms with Crippen LogP contribution < -0.4 is 0 Å². The first-order chi connectivity index (χ1) is 6.06. The standard InChI is InChI=1S/C10H20N2O/c1-5-12(8(2)3)10-6-11(7-10)9(4)13/h8,10H,5-7H2,1-4H3. The zero-order valence-corrected chi connectivity index (χ0v) is 9.08. The zero-order valence-electron chi connectivity index (χ0n) is 9.08. The summed E-state index contributed by atoms with van der Waals surface area (Å²) in [6, 6.07) is 1.18. The Balaban J connectivity index is 2.36. The van der Waals surface area contributed by atoms with Gasteiger partial charge in [-0.2, -0.15) is 0 Å². The van der Waals surface area contributed by atoms with Crippen LogP contribution in [-0.2, 0) is 4.79 Å². The summed E-state index contributed by atoms with van der Waals surface area (Å²) in [5, 5.41) is 0. The Morgan fingerprint density at radius 3 is 2.38 bits per heavy atom. The summed E-state index contributed by atoms with van der Waals surface area (Å²) < 4.78 is 0. The Bertz CT molecular complexity index is 185. The molecule has 1 amide bonds.